The van der Waals surface area contributed by atoms with Gasteiger partial charge in [-0.05, 0) is 37.1 Å². The summed E-state index contributed by atoms with van der Waals surface area (Å²) in [6, 6.07) is 4.33. The van der Waals surface area contributed by atoms with E-state index in [1.54, 1.807) is 6.26 Å². The Morgan fingerprint density at radius 3 is 2.58 bits per heavy atom. The van der Waals surface area contributed by atoms with Crippen LogP contribution in [0, 0.1) is 6.92 Å². The molecule has 3 N–H and O–H groups in total. The number of aromatic nitrogens is 2. The maximum atomic E-state index is 12.6. The third kappa shape index (κ3) is 4.77. The van der Waals surface area contributed by atoms with Gasteiger partial charge in [0.1, 0.15) is 10.7 Å². The molecule has 0 aliphatic heterocycles. The highest BCUT2D eigenvalue weighted by molar-refractivity contribution is 7.89. The molecule has 1 aromatic carbocycles. The third-order valence-electron chi connectivity index (χ3n) is 4.45. The molecule has 0 bridgehead atoms. The highest BCUT2D eigenvalue weighted by Crippen LogP contribution is 2.40. The molecule has 0 spiro atoms. The number of rotatable bonds is 8. The molecule has 31 heavy (non-hydrogen) atoms. The van der Waals surface area contributed by atoms with E-state index >= 15 is 0 Å². The summed E-state index contributed by atoms with van der Waals surface area (Å²) in [5, 5.41) is 16.4. The second-order valence-electron chi connectivity index (χ2n) is 6.93. The van der Waals surface area contributed by atoms with Gasteiger partial charge in [0, 0.05) is 22.8 Å². The van der Waals surface area contributed by atoms with Crippen LogP contribution in [0.3, 0.4) is 0 Å². The van der Waals surface area contributed by atoms with Crippen molar-refractivity contribution in [2.24, 2.45) is 0 Å². The Labute approximate surface area is 188 Å². The van der Waals surface area contributed by atoms with Crippen molar-refractivity contribution in [3.05, 3.63) is 40.8 Å². The van der Waals surface area contributed by atoms with Gasteiger partial charge in [0.25, 0.3) is 0 Å². The van der Waals surface area contributed by atoms with Gasteiger partial charge in [-0.15, -0.1) is 0 Å². The van der Waals surface area contributed by atoms with Crippen LogP contribution in [0.1, 0.15) is 30.7 Å². The van der Waals surface area contributed by atoms with Gasteiger partial charge >= 0.3 is 0 Å². The molecule has 0 aliphatic carbocycles. The summed E-state index contributed by atoms with van der Waals surface area (Å²) in [6.45, 7) is 3.84. The van der Waals surface area contributed by atoms with E-state index in [1.165, 1.54) is 26.2 Å². The van der Waals surface area contributed by atoms with Crippen LogP contribution in [0.15, 0.2) is 33.8 Å². The van der Waals surface area contributed by atoms with Gasteiger partial charge in [0.2, 0.25) is 21.7 Å². The molecule has 0 amide bonds. The lowest BCUT2D eigenvalue weighted by Crippen LogP contribution is -2.22. The Balaban J connectivity index is 1.96. The molecule has 2 heterocycles. The zero-order chi connectivity index (χ0) is 22.9. The van der Waals surface area contributed by atoms with Crippen molar-refractivity contribution in [1.82, 2.24) is 13.1 Å². The molecule has 13 heteroatoms. The Morgan fingerprint density at radius 2 is 2.00 bits per heavy atom. The van der Waals surface area contributed by atoms with Crippen LogP contribution in [-0.4, -0.2) is 45.2 Å². The van der Waals surface area contributed by atoms with Gasteiger partial charge in [-0.1, -0.05) is 18.5 Å². The Bertz CT molecular complexity index is 1190. The molecule has 0 fully saturated rings. The average Bonchev–Trinajstić information content (AvgIpc) is 3.27. The molecule has 0 saturated carbocycles. The molecule has 3 rings (SSSR count). The number of anilines is 3. The molecule has 168 valence electrons. The second-order valence-corrected chi connectivity index (χ2v) is 10.2. The molecule has 0 aliphatic rings. The van der Waals surface area contributed by atoms with Crippen molar-refractivity contribution < 1.29 is 22.5 Å². The number of aryl methyl sites for hydroxylation is 1. The summed E-state index contributed by atoms with van der Waals surface area (Å²) in [5.41, 5.74) is 0.971. The molecule has 0 saturated heterocycles. The van der Waals surface area contributed by atoms with Gasteiger partial charge in [-0.25, -0.2) is 12.7 Å². The van der Waals surface area contributed by atoms with Crippen LogP contribution >= 0.6 is 22.7 Å². The molecule has 0 radical (unpaired) electrons. The summed E-state index contributed by atoms with van der Waals surface area (Å²) in [7, 11) is -1.37. The van der Waals surface area contributed by atoms with E-state index in [1.807, 2.05) is 19.9 Å². The molecule has 3 aromatic rings. The number of nitrogens with zero attached hydrogens (tertiary/aromatic N) is 3. The van der Waals surface area contributed by atoms with Crippen molar-refractivity contribution in [2.75, 3.05) is 24.7 Å². The summed E-state index contributed by atoms with van der Waals surface area (Å²) in [5.74, 6) is 0.347. The lowest BCUT2D eigenvalue weighted by atomic mass is 10.1. The standard InChI is InChI=1S/C18H22ClN5O5S2/c1-5-12(14-8-10(2)9-29-14)20-17-18(23-30(26)22-17)21-13-7-6-11(19)16(15(13)25)31(27,28)24(3)4/h6-9,12,25H,5H2,1-4H3,(H,20,22)(H,21,23)/t12-,30?/m1/s1. The largest absolute Gasteiger partial charge is 0.546 e. The second kappa shape index (κ2) is 9.01. The minimum Gasteiger partial charge on any atom is -0.546 e. The average molecular weight is 488 g/mol. The molecular weight excluding hydrogens is 466 g/mol. The van der Waals surface area contributed by atoms with Crippen molar-refractivity contribution in [1.29, 1.82) is 0 Å². The number of benzene rings is 1. The van der Waals surface area contributed by atoms with Gasteiger partial charge in [0.15, 0.2) is 16.9 Å². The lowest BCUT2D eigenvalue weighted by molar-refractivity contribution is 0.454. The molecule has 1 unspecified atom stereocenters. The number of nitrogens with one attached hydrogen (secondary N) is 2. The van der Waals surface area contributed by atoms with Crippen molar-refractivity contribution >= 4 is 50.1 Å². The van der Waals surface area contributed by atoms with Gasteiger partial charge in [-0.2, -0.15) is 0 Å². The SMILES string of the molecule is CC[C@@H](Nc1n[s+]([O-])nc1Nc1ccc(Cl)c(S(=O)(=O)N(C)C)c1O)c1cc(C)co1. The number of hydrogen-bond donors (Lipinski definition) is 3. The highest BCUT2D eigenvalue weighted by atomic mass is 35.5. The summed E-state index contributed by atoms with van der Waals surface area (Å²) >= 11 is 4.16. The van der Waals surface area contributed by atoms with E-state index in [9.17, 15) is 18.1 Å². The van der Waals surface area contributed by atoms with Crippen molar-refractivity contribution in [3.8, 4) is 5.75 Å². The number of furan rings is 1. The fourth-order valence-electron chi connectivity index (χ4n) is 2.82. The first kappa shape index (κ1) is 23.3. The predicted octanol–water partition coefficient (Wildman–Crippen LogP) is 4.02. The van der Waals surface area contributed by atoms with Crippen LogP contribution in [-0.2, 0) is 10.0 Å². The Kier molecular flexibility index (Phi) is 6.76. The van der Waals surface area contributed by atoms with E-state index in [0.29, 0.717) is 12.2 Å². The van der Waals surface area contributed by atoms with E-state index in [2.05, 4.69) is 19.4 Å². The van der Waals surface area contributed by atoms with Gasteiger partial charge in [-0.3, -0.25) is 0 Å². The number of hydrogen-bond acceptors (Lipinski definition) is 9. The maximum Gasteiger partial charge on any atom is 0.247 e. The first-order chi connectivity index (χ1) is 14.5. The van der Waals surface area contributed by atoms with Crippen molar-refractivity contribution in [2.45, 2.75) is 31.2 Å². The lowest BCUT2D eigenvalue weighted by Gasteiger charge is -2.17. The zero-order valence-electron chi connectivity index (χ0n) is 17.2. The van der Waals surface area contributed by atoms with E-state index in [-0.39, 0.29) is 28.4 Å². The van der Waals surface area contributed by atoms with Crippen LogP contribution in [0.25, 0.3) is 0 Å². The van der Waals surface area contributed by atoms with E-state index < -0.39 is 31.8 Å². The zero-order valence-corrected chi connectivity index (χ0v) is 19.6. The predicted molar refractivity (Wildman–Crippen MR) is 118 cm³/mol. The number of aromatic hydroxyl groups is 1. The smallest absolute Gasteiger partial charge is 0.247 e. The quantitative estimate of drug-likeness (QED) is 0.317. The fourth-order valence-corrected chi connectivity index (χ4v) is 4.92. The third-order valence-corrected chi connectivity index (χ3v) is 7.45. The summed E-state index contributed by atoms with van der Waals surface area (Å²) in [4.78, 5) is -0.451. The van der Waals surface area contributed by atoms with Crippen molar-refractivity contribution in [3.63, 3.8) is 0 Å². The first-order valence-electron chi connectivity index (χ1n) is 9.17. The first-order valence-corrected chi connectivity index (χ1v) is 12.0. The molecule has 2 aromatic heterocycles. The minimum atomic E-state index is -4.02. The Morgan fingerprint density at radius 1 is 1.32 bits per heavy atom. The number of phenolic OH excluding ortho intramolecular Hbond substituents is 1. The highest BCUT2D eigenvalue weighted by Gasteiger charge is 2.28. The van der Waals surface area contributed by atoms with Crippen LogP contribution in [0.4, 0.5) is 17.3 Å². The maximum absolute atomic E-state index is 12.6. The minimum absolute atomic E-state index is 0.0128. The van der Waals surface area contributed by atoms with Crippen LogP contribution < -0.4 is 10.6 Å². The summed E-state index contributed by atoms with van der Waals surface area (Å²) in [6.07, 6.45) is 2.27. The molecule has 2 atom stereocenters. The van der Waals surface area contributed by atoms with E-state index in [4.69, 9.17) is 16.0 Å². The fraction of sp³-hybridized carbons (Fsp3) is 0.333. The van der Waals surface area contributed by atoms with Gasteiger partial charge < -0.3 is 24.7 Å². The van der Waals surface area contributed by atoms with Crippen LogP contribution in [0.5, 0.6) is 5.75 Å². The number of sulfonamides is 1. The van der Waals surface area contributed by atoms with E-state index in [0.717, 1.165) is 9.87 Å². The molecular formula is C18H22ClN5O5S2. The number of phenols is 1. The van der Waals surface area contributed by atoms with Gasteiger partial charge in [0.05, 0.1) is 23.0 Å². The monoisotopic (exact) mass is 487 g/mol. The molecule has 10 nitrogen and oxygen atoms in total. The topological polar surface area (TPSA) is 144 Å². The number of halogens is 1. The normalized spacial score (nSPS) is 13.5. The Hall–Kier alpha value is -2.38. The summed E-state index contributed by atoms with van der Waals surface area (Å²) < 4.78 is 51.4. The van der Waals surface area contributed by atoms with Crippen LogP contribution in [0.2, 0.25) is 5.02 Å².